The molecule has 8 nitrogen and oxygen atoms in total. The van der Waals surface area contributed by atoms with E-state index in [9.17, 15) is 4.79 Å². The fourth-order valence-electron chi connectivity index (χ4n) is 3.70. The minimum absolute atomic E-state index is 0.133. The van der Waals surface area contributed by atoms with Crippen molar-refractivity contribution in [3.8, 4) is 11.4 Å². The van der Waals surface area contributed by atoms with Gasteiger partial charge in [0.1, 0.15) is 0 Å². The van der Waals surface area contributed by atoms with E-state index in [-0.39, 0.29) is 24.9 Å². The van der Waals surface area contributed by atoms with Gasteiger partial charge in [-0.1, -0.05) is 41.6 Å². The van der Waals surface area contributed by atoms with Crippen LogP contribution in [0.5, 0.6) is 0 Å². The van der Waals surface area contributed by atoms with Crippen LogP contribution in [0.4, 0.5) is 5.95 Å². The molecule has 1 aromatic heterocycles. The Hall–Kier alpha value is -2.46. The number of hydrogen-bond acceptors (Lipinski definition) is 8. The van der Waals surface area contributed by atoms with Crippen molar-refractivity contribution in [1.29, 1.82) is 0 Å². The highest BCUT2D eigenvalue weighted by Gasteiger charge is 2.21. The van der Waals surface area contributed by atoms with Gasteiger partial charge in [-0.2, -0.15) is 9.97 Å². The lowest BCUT2D eigenvalue weighted by atomic mass is 9.94. The fourth-order valence-corrected chi connectivity index (χ4v) is 4.86. The van der Waals surface area contributed by atoms with E-state index in [0.717, 1.165) is 46.1 Å². The van der Waals surface area contributed by atoms with Crippen molar-refractivity contribution in [2.24, 2.45) is 0 Å². The van der Waals surface area contributed by atoms with E-state index in [1.165, 1.54) is 11.8 Å². The molecule has 10 heteroatoms. The van der Waals surface area contributed by atoms with Crippen LogP contribution in [0.25, 0.3) is 22.2 Å². The Bertz CT molecular complexity index is 1140. The van der Waals surface area contributed by atoms with Crippen LogP contribution in [0.2, 0.25) is 5.02 Å². The highest BCUT2D eigenvalue weighted by atomic mass is 35.5. The zero-order chi connectivity index (χ0) is 22.5. The second-order valence-electron chi connectivity index (χ2n) is 7.40. The molecule has 3 aromatic rings. The number of aliphatic hydroxyl groups is 1. The molecule has 1 aliphatic heterocycles. The Morgan fingerprint density at radius 1 is 1.22 bits per heavy atom. The number of nitrogen functional groups attached to an aromatic ring is 1. The number of benzene rings is 2. The highest BCUT2D eigenvalue weighted by Crippen LogP contribution is 2.39. The van der Waals surface area contributed by atoms with E-state index in [0.29, 0.717) is 35.8 Å². The number of rotatable bonds is 9. The number of halogens is 1. The summed E-state index contributed by atoms with van der Waals surface area (Å²) in [5.41, 5.74) is 8.91. The van der Waals surface area contributed by atoms with Crippen LogP contribution in [0.15, 0.2) is 29.4 Å². The summed E-state index contributed by atoms with van der Waals surface area (Å²) < 4.78 is 5.66. The summed E-state index contributed by atoms with van der Waals surface area (Å²) in [6.07, 6.45) is 1.82. The SMILES string of the molecule is Nc1nc(SCCCCNC(=O)CCO)nc(-c2c(Cl)cc3c4c(cccc24)COC3)n1. The van der Waals surface area contributed by atoms with Crippen LogP contribution in [0.3, 0.4) is 0 Å². The van der Waals surface area contributed by atoms with Gasteiger partial charge in [0, 0.05) is 24.3 Å². The first kappa shape index (κ1) is 22.7. The number of aromatic nitrogens is 3. The van der Waals surface area contributed by atoms with Gasteiger partial charge in [-0.05, 0) is 40.8 Å². The fraction of sp³-hybridized carbons (Fsp3) is 0.364. The molecule has 1 aliphatic rings. The number of thioether (sulfide) groups is 1. The summed E-state index contributed by atoms with van der Waals surface area (Å²) in [5.74, 6) is 1.23. The van der Waals surface area contributed by atoms with Gasteiger partial charge < -0.3 is 20.9 Å². The van der Waals surface area contributed by atoms with Crippen molar-refractivity contribution in [3.63, 3.8) is 0 Å². The summed E-state index contributed by atoms with van der Waals surface area (Å²) in [4.78, 5) is 24.6. The summed E-state index contributed by atoms with van der Waals surface area (Å²) in [6, 6.07) is 7.97. The number of anilines is 1. The zero-order valence-electron chi connectivity index (χ0n) is 17.4. The topological polar surface area (TPSA) is 123 Å². The van der Waals surface area contributed by atoms with Gasteiger partial charge >= 0.3 is 0 Å². The molecule has 32 heavy (non-hydrogen) atoms. The molecular formula is C22H24ClN5O3S. The average molecular weight is 474 g/mol. The lowest BCUT2D eigenvalue weighted by Gasteiger charge is -2.20. The van der Waals surface area contributed by atoms with Crippen LogP contribution in [0, 0.1) is 0 Å². The standard InChI is InChI=1S/C22H24ClN5O3S/c23-16-10-14-12-31-11-13-4-3-5-15(18(13)14)19(16)20-26-21(24)28-22(27-20)32-9-2-1-7-25-17(30)6-8-29/h3-5,10,29H,1-2,6-9,11-12H2,(H,25,30)(H2,24,26,27,28). The van der Waals surface area contributed by atoms with Crippen molar-refractivity contribution in [2.75, 3.05) is 24.6 Å². The molecule has 2 heterocycles. The van der Waals surface area contributed by atoms with Crippen LogP contribution in [-0.2, 0) is 22.7 Å². The van der Waals surface area contributed by atoms with Gasteiger partial charge in [0.2, 0.25) is 11.9 Å². The molecule has 1 amide bonds. The summed E-state index contributed by atoms with van der Waals surface area (Å²) in [6.45, 7) is 1.52. The third kappa shape index (κ3) is 5.12. The van der Waals surface area contributed by atoms with Crippen LogP contribution in [-0.4, -0.2) is 44.9 Å². The van der Waals surface area contributed by atoms with Gasteiger partial charge in [-0.15, -0.1) is 0 Å². The minimum atomic E-state index is -0.139. The summed E-state index contributed by atoms with van der Waals surface area (Å²) >= 11 is 8.15. The predicted molar refractivity (Wildman–Crippen MR) is 125 cm³/mol. The second-order valence-corrected chi connectivity index (χ2v) is 8.87. The average Bonchev–Trinajstić information content (AvgIpc) is 2.76. The number of unbranched alkanes of at least 4 members (excludes halogenated alkanes) is 1. The first-order chi connectivity index (χ1) is 15.6. The largest absolute Gasteiger partial charge is 0.396 e. The Morgan fingerprint density at radius 3 is 2.91 bits per heavy atom. The van der Waals surface area contributed by atoms with Gasteiger partial charge in [0.05, 0.1) is 24.8 Å². The molecule has 0 saturated heterocycles. The monoisotopic (exact) mass is 473 g/mol. The lowest BCUT2D eigenvalue weighted by Crippen LogP contribution is -2.25. The molecule has 0 atom stereocenters. The highest BCUT2D eigenvalue weighted by molar-refractivity contribution is 7.99. The number of amides is 1. The number of nitrogens with zero attached hydrogens (tertiary/aromatic N) is 3. The van der Waals surface area contributed by atoms with Crippen molar-refractivity contribution >= 4 is 46.0 Å². The molecule has 2 aromatic carbocycles. The number of hydrogen-bond donors (Lipinski definition) is 3. The molecule has 0 spiro atoms. The molecular weight excluding hydrogens is 450 g/mol. The Kier molecular flexibility index (Phi) is 7.41. The number of ether oxygens (including phenoxy) is 1. The van der Waals surface area contributed by atoms with E-state index in [4.69, 9.17) is 27.2 Å². The number of nitrogens with two attached hydrogens (primary N) is 1. The van der Waals surface area contributed by atoms with E-state index in [1.807, 2.05) is 18.2 Å². The first-order valence-corrected chi connectivity index (χ1v) is 11.8. The molecule has 168 valence electrons. The van der Waals surface area contributed by atoms with E-state index < -0.39 is 0 Å². The molecule has 0 bridgehead atoms. The van der Waals surface area contributed by atoms with Gasteiger partial charge in [0.15, 0.2) is 11.0 Å². The van der Waals surface area contributed by atoms with Crippen LogP contribution in [0.1, 0.15) is 30.4 Å². The molecule has 0 fully saturated rings. The maximum absolute atomic E-state index is 11.4. The number of carbonyl (C=O) groups is 1. The third-order valence-corrected chi connectivity index (χ3v) is 6.35. The van der Waals surface area contributed by atoms with E-state index in [2.05, 4.69) is 26.3 Å². The molecule has 4 N–H and O–H groups in total. The van der Waals surface area contributed by atoms with Crippen molar-refractivity contribution in [1.82, 2.24) is 20.3 Å². The second kappa shape index (κ2) is 10.4. The number of carbonyl (C=O) groups excluding carboxylic acids is 1. The maximum Gasteiger partial charge on any atom is 0.224 e. The van der Waals surface area contributed by atoms with Gasteiger partial charge in [-0.25, -0.2) is 4.98 Å². The lowest BCUT2D eigenvalue weighted by molar-refractivity contribution is -0.121. The molecule has 0 unspecified atom stereocenters. The van der Waals surface area contributed by atoms with Gasteiger partial charge in [-0.3, -0.25) is 4.79 Å². The van der Waals surface area contributed by atoms with Crippen molar-refractivity contribution in [2.45, 2.75) is 37.6 Å². The Balaban J connectivity index is 1.50. The summed E-state index contributed by atoms with van der Waals surface area (Å²) in [7, 11) is 0. The van der Waals surface area contributed by atoms with E-state index in [1.54, 1.807) is 0 Å². The maximum atomic E-state index is 11.4. The Morgan fingerprint density at radius 2 is 2.06 bits per heavy atom. The number of aliphatic hydroxyl groups excluding tert-OH is 1. The van der Waals surface area contributed by atoms with E-state index >= 15 is 0 Å². The Labute approximate surface area is 194 Å². The third-order valence-electron chi connectivity index (χ3n) is 5.12. The molecule has 0 radical (unpaired) electrons. The summed E-state index contributed by atoms with van der Waals surface area (Å²) in [5, 5.41) is 14.7. The first-order valence-electron chi connectivity index (χ1n) is 10.4. The van der Waals surface area contributed by atoms with Gasteiger partial charge in [0.25, 0.3) is 0 Å². The number of nitrogens with one attached hydrogen (secondary N) is 1. The minimum Gasteiger partial charge on any atom is -0.396 e. The predicted octanol–water partition coefficient (Wildman–Crippen LogP) is 3.33. The van der Waals surface area contributed by atoms with Crippen LogP contribution < -0.4 is 11.1 Å². The van der Waals surface area contributed by atoms with Crippen molar-refractivity contribution < 1.29 is 14.6 Å². The quantitative estimate of drug-likeness (QED) is 0.319. The van der Waals surface area contributed by atoms with Crippen LogP contribution >= 0.6 is 23.4 Å². The smallest absolute Gasteiger partial charge is 0.224 e. The normalized spacial score (nSPS) is 12.8. The molecule has 0 saturated carbocycles. The van der Waals surface area contributed by atoms with Crippen molar-refractivity contribution in [3.05, 3.63) is 40.4 Å². The molecule has 0 aliphatic carbocycles. The molecule has 4 rings (SSSR count). The zero-order valence-corrected chi connectivity index (χ0v) is 19.0.